The van der Waals surface area contributed by atoms with Gasteiger partial charge in [0, 0.05) is 7.05 Å². The summed E-state index contributed by atoms with van der Waals surface area (Å²) in [6.07, 6.45) is 0.446. The standard InChI is InChI=1S/C18H15ClN2O4S/c1-21-16(23)15(8-10-5-6-14(22)13(19)7-10)26-18(21)20-12-4-2-3-11(9-12)17(24)25/h2-7,9,15,22H,8H2,1H3,(H,24,25)/b20-18-. The molecule has 2 aromatic carbocycles. The van der Waals surface area contributed by atoms with E-state index in [1.165, 1.54) is 34.9 Å². The Hall–Kier alpha value is -2.51. The molecular formula is C18H15ClN2O4S. The number of benzene rings is 2. The molecule has 1 unspecified atom stereocenters. The molecule has 2 N–H and O–H groups in total. The van der Waals surface area contributed by atoms with E-state index < -0.39 is 5.97 Å². The first-order valence-electron chi connectivity index (χ1n) is 7.69. The Kier molecular flexibility index (Phi) is 5.20. The van der Waals surface area contributed by atoms with Gasteiger partial charge in [-0.1, -0.05) is 35.5 Å². The van der Waals surface area contributed by atoms with E-state index in [0.29, 0.717) is 17.3 Å². The molecule has 2 aromatic rings. The zero-order valence-electron chi connectivity index (χ0n) is 13.7. The van der Waals surface area contributed by atoms with Crippen LogP contribution < -0.4 is 0 Å². The number of aromatic hydroxyl groups is 1. The summed E-state index contributed by atoms with van der Waals surface area (Å²) < 4.78 is 0. The van der Waals surface area contributed by atoms with Crippen molar-refractivity contribution in [2.45, 2.75) is 11.7 Å². The van der Waals surface area contributed by atoms with Crippen molar-refractivity contribution in [1.29, 1.82) is 0 Å². The van der Waals surface area contributed by atoms with Gasteiger partial charge < -0.3 is 10.2 Å². The summed E-state index contributed by atoms with van der Waals surface area (Å²) in [4.78, 5) is 29.4. The molecule has 3 rings (SSSR count). The first kappa shape index (κ1) is 18.3. The van der Waals surface area contributed by atoms with Crippen molar-refractivity contribution >= 4 is 46.1 Å². The van der Waals surface area contributed by atoms with E-state index in [-0.39, 0.29) is 27.5 Å². The molecule has 0 spiro atoms. The summed E-state index contributed by atoms with van der Waals surface area (Å²) in [5, 5.41) is 18.9. The second-order valence-corrected chi connectivity index (χ2v) is 7.32. The minimum Gasteiger partial charge on any atom is -0.506 e. The van der Waals surface area contributed by atoms with E-state index in [2.05, 4.69) is 4.99 Å². The van der Waals surface area contributed by atoms with Crippen LogP contribution in [0.15, 0.2) is 47.5 Å². The molecule has 1 aliphatic rings. The van der Waals surface area contributed by atoms with Gasteiger partial charge in [0.15, 0.2) is 5.17 Å². The van der Waals surface area contributed by atoms with Crippen molar-refractivity contribution in [3.05, 3.63) is 58.6 Å². The lowest BCUT2D eigenvalue weighted by atomic mass is 10.1. The highest BCUT2D eigenvalue weighted by Crippen LogP contribution is 2.32. The molecule has 1 aliphatic heterocycles. The molecule has 1 saturated heterocycles. The maximum atomic E-state index is 12.5. The van der Waals surface area contributed by atoms with E-state index in [0.717, 1.165) is 5.56 Å². The number of amidine groups is 1. The average molecular weight is 391 g/mol. The minimum atomic E-state index is -1.03. The molecule has 1 amide bonds. The third kappa shape index (κ3) is 3.84. The fraction of sp³-hybridized carbons (Fsp3) is 0.167. The first-order chi connectivity index (χ1) is 12.3. The smallest absolute Gasteiger partial charge is 0.335 e. The Bertz CT molecular complexity index is 916. The van der Waals surface area contributed by atoms with E-state index in [1.807, 2.05) is 0 Å². The van der Waals surface area contributed by atoms with Gasteiger partial charge in [-0.3, -0.25) is 9.69 Å². The molecular weight excluding hydrogens is 376 g/mol. The van der Waals surface area contributed by atoms with Gasteiger partial charge in [-0.25, -0.2) is 9.79 Å². The largest absolute Gasteiger partial charge is 0.506 e. The van der Waals surface area contributed by atoms with Crippen molar-refractivity contribution in [1.82, 2.24) is 4.90 Å². The zero-order chi connectivity index (χ0) is 18.8. The number of halogens is 1. The van der Waals surface area contributed by atoms with Crippen molar-refractivity contribution < 1.29 is 19.8 Å². The molecule has 8 heteroatoms. The van der Waals surface area contributed by atoms with Gasteiger partial charge in [0.2, 0.25) is 5.91 Å². The van der Waals surface area contributed by atoms with Crippen molar-refractivity contribution in [2.24, 2.45) is 4.99 Å². The third-order valence-electron chi connectivity index (χ3n) is 3.89. The van der Waals surface area contributed by atoms with Crippen LogP contribution in [0, 0.1) is 0 Å². The SMILES string of the molecule is CN1C(=O)C(Cc2ccc(O)c(Cl)c2)S/C1=N\c1cccc(C(=O)O)c1. The number of carboxylic acids is 1. The van der Waals surface area contributed by atoms with Gasteiger partial charge >= 0.3 is 5.97 Å². The Balaban J connectivity index is 1.81. The molecule has 0 aliphatic carbocycles. The summed E-state index contributed by atoms with van der Waals surface area (Å²) >= 11 is 7.23. The summed E-state index contributed by atoms with van der Waals surface area (Å²) in [6.45, 7) is 0. The summed E-state index contributed by atoms with van der Waals surface area (Å²) in [7, 11) is 1.64. The molecule has 0 radical (unpaired) electrons. The van der Waals surface area contributed by atoms with E-state index in [1.54, 1.807) is 31.3 Å². The Labute approximate surface area is 159 Å². The lowest BCUT2D eigenvalue weighted by molar-refractivity contribution is -0.125. The second-order valence-electron chi connectivity index (χ2n) is 5.74. The Morgan fingerprint density at radius 3 is 2.77 bits per heavy atom. The van der Waals surface area contributed by atoms with Gasteiger partial charge in [-0.05, 0) is 42.3 Å². The van der Waals surface area contributed by atoms with Gasteiger partial charge in [0.05, 0.1) is 21.5 Å². The predicted molar refractivity (Wildman–Crippen MR) is 101 cm³/mol. The topological polar surface area (TPSA) is 90.2 Å². The van der Waals surface area contributed by atoms with Crippen molar-refractivity contribution in [2.75, 3.05) is 7.05 Å². The Morgan fingerprint density at radius 2 is 2.08 bits per heavy atom. The fourth-order valence-corrected chi connectivity index (χ4v) is 3.91. The molecule has 0 saturated carbocycles. The second kappa shape index (κ2) is 7.39. The molecule has 1 atom stereocenters. The van der Waals surface area contributed by atoms with E-state index >= 15 is 0 Å². The summed E-state index contributed by atoms with van der Waals surface area (Å²) in [5.74, 6) is -1.12. The zero-order valence-corrected chi connectivity index (χ0v) is 15.3. The molecule has 0 bridgehead atoms. The molecule has 26 heavy (non-hydrogen) atoms. The van der Waals surface area contributed by atoms with Gasteiger partial charge in [0.25, 0.3) is 0 Å². The average Bonchev–Trinajstić information content (AvgIpc) is 2.86. The number of carbonyl (C=O) groups excluding carboxylic acids is 1. The van der Waals surface area contributed by atoms with Crippen LogP contribution in [-0.4, -0.2) is 44.5 Å². The number of carboxylic acid groups (broad SMARTS) is 1. The number of phenolic OH excluding ortho intramolecular Hbond substituents is 1. The van der Waals surface area contributed by atoms with Gasteiger partial charge in [-0.15, -0.1) is 0 Å². The van der Waals surface area contributed by atoms with Gasteiger partial charge in [0.1, 0.15) is 5.75 Å². The van der Waals surface area contributed by atoms with Crippen LogP contribution in [0.25, 0.3) is 0 Å². The molecule has 6 nitrogen and oxygen atoms in total. The summed E-state index contributed by atoms with van der Waals surface area (Å²) in [6, 6.07) is 11.1. The van der Waals surface area contributed by atoms with Crippen molar-refractivity contribution in [3.8, 4) is 5.75 Å². The number of phenols is 1. The van der Waals surface area contributed by atoms with Crippen LogP contribution >= 0.6 is 23.4 Å². The normalized spacial score (nSPS) is 18.5. The minimum absolute atomic E-state index is 0.00139. The Morgan fingerprint density at radius 1 is 1.31 bits per heavy atom. The highest BCUT2D eigenvalue weighted by atomic mass is 35.5. The van der Waals surface area contributed by atoms with E-state index in [9.17, 15) is 14.7 Å². The van der Waals surface area contributed by atoms with Crippen LogP contribution in [0.4, 0.5) is 5.69 Å². The predicted octanol–water partition coefficient (Wildman–Crippen LogP) is 3.55. The lowest BCUT2D eigenvalue weighted by Gasteiger charge is -2.09. The molecule has 0 aromatic heterocycles. The number of thioether (sulfide) groups is 1. The number of aromatic carboxylic acids is 1. The van der Waals surface area contributed by atoms with Crippen LogP contribution in [0.3, 0.4) is 0 Å². The van der Waals surface area contributed by atoms with Crippen LogP contribution in [0.5, 0.6) is 5.75 Å². The highest BCUT2D eigenvalue weighted by molar-refractivity contribution is 8.15. The maximum Gasteiger partial charge on any atom is 0.335 e. The third-order valence-corrected chi connectivity index (χ3v) is 5.42. The quantitative estimate of drug-likeness (QED) is 0.833. The number of hydrogen-bond donors (Lipinski definition) is 2. The number of aliphatic imine (C=N–C) groups is 1. The number of amides is 1. The van der Waals surface area contributed by atoms with Gasteiger partial charge in [-0.2, -0.15) is 0 Å². The summed E-state index contributed by atoms with van der Waals surface area (Å²) in [5.41, 5.74) is 1.45. The van der Waals surface area contributed by atoms with Crippen LogP contribution in [0.2, 0.25) is 5.02 Å². The molecule has 1 heterocycles. The monoisotopic (exact) mass is 390 g/mol. The number of nitrogens with zero attached hydrogens (tertiary/aromatic N) is 2. The highest BCUT2D eigenvalue weighted by Gasteiger charge is 2.35. The first-order valence-corrected chi connectivity index (χ1v) is 8.94. The number of rotatable bonds is 4. The molecule has 134 valence electrons. The lowest BCUT2D eigenvalue weighted by Crippen LogP contribution is -2.28. The van der Waals surface area contributed by atoms with Crippen LogP contribution in [0.1, 0.15) is 15.9 Å². The number of hydrogen-bond acceptors (Lipinski definition) is 5. The maximum absolute atomic E-state index is 12.5. The number of carbonyl (C=O) groups is 2. The van der Waals surface area contributed by atoms with E-state index in [4.69, 9.17) is 16.7 Å². The van der Waals surface area contributed by atoms with Crippen LogP contribution in [-0.2, 0) is 11.2 Å². The molecule has 1 fully saturated rings. The fourth-order valence-electron chi connectivity index (χ4n) is 2.51. The van der Waals surface area contributed by atoms with Crippen molar-refractivity contribution in [3.63, 3.8) is 0 Å².